The van der Waals surface area contributed by atoms with Gasteiger partial charge in [-0.15, -0.1) is 0 Å². The summed E-state index contributed by atoms with van der Waals surface area (Å²) in [6.07, 6.45) is 0.985. The maximum atomic E-state index is 5.99. The van der Waals surface area contributed by atoms with Gasteiger partial charge in [0, 0.05) is 38.2 Å². The number of piperazine rings is 1. The lowest BCUT2D eigenvalue weighted by atomic mass is 10.1. The summed E-state index contributed by atoms with van der Waals surface area (Å²) in [7, 11) is 0. The Morgan fingerprint density at radius 3 is 3.24 bits per heavy atom. The fourth-order valence-corrected chi connectivity index (χ4v) is 2.63. The van der Waals surface area contributed by atoms with E-state index in [2.05, 4.69) is 15.2 Å². The molecule has 1 aromatic heterocycles. The first-order valence-corrected chi connectivity index (χ1v) is 6.47. The molecule has 2 aliphatic rings. The third-order valence-corrected chi connectivity index (χ3v) is 3.88. The highest BCUT2D eigenvalue weighted by Gasteiger charge is 2.29. The summed E-state index contributed by atoms with van der Waals surface area (Å²) in [4.78, 5) is 6.63. The molecule has 3 rings (SSSR count). The maximum absolute atomic E-state index is 5.99. The zero-order valence-corrected chi connectivity index (χ0v) is 10.8. The average molecular weight is 274 g/mol. The molecule has 0 radical (unpaired) electrons. The Hall–Kier alpha value is -0.710. The van der Waals surface area contributed by atoms with Gasteiger partial charge in [0.2, 0.25) is 0 Å². The van der Waals surface area contributed by atoms with E-state index >= 15 is 0 Å². The number of nitrogens with one attached hydrogen (secondary N) is 1. The van der Waals surface area contributed by atoms with Crippen LogP contribution in [0.15, 0.2) is 6.07 Å². The van der Waals surface area contributed by atoms with Gasteiger partial charge < -0.3 is 15.0 Å². The Bertz CT molecular complexity index is 441. The number of nitrogens with zero attached hydrogens (tertiary/aromatic N) is 2. The normalized spacial score (nSPS) is 23.4. The smallest absolute Gasteiger partial charge is 0.173 e. The van der Waals surface area contributed by atoms with Gasteiger partial charge in [-0.2, -0.15) is 0 Å². The van der Waals surface area contributed by atoms with Gasteiger partial charge >= 0.3 is 0 Å². The highest BCUT2D eigenvalue weighted by molar-refractivity contribution is 6.41. The van der Waals surface area contributed by atoms with Crippen LogP contribution in [0.3, 0.4) is 0 Å². The van der Waals surface area contributed by atoms with Crippen molar-refractivity contribution in [1.29, 1.82) is 0 Å². The Labute approximate surface area is 110 Å². The van der Waals surface area contributed by atoms with Crippen molar-refractivity contribution in [2.75, 3.05) is 31.1 Å². The van der Waals surface area contributed by atoms with Crippen LogP contribution in [0, 0.1) is 0 Å². The van der Waals surface area contributed by atoms with Crippen molar-refractivity contribution in [2.24, 2.45) is 0 Å². The maximum Gasteiger partial charge on any atom is 0.173 e. The van der Waals surface area contributed by atoms with E-state index in [0.29, 0.717) is 22.8 Å². The van der Waals surface area contributed by atoms with E-state index in [0.717, 1.165) is 37.6 Å². The molecule has 0 unspecified atom stereocenters. The van der Waals surface area contributed by atoms with E-state index < -0.39 is 0 Å². The Kier molecular flexibility index (Phi) is 3.03. The van der Waals surface area contributed by atoms with Crippen LogP contribution in [-0.4, -0.2) is 37.3 Å². The van der Waals surface area contributed by atoms with Gasteiger partial charge in [0.15, 0.2) is 11.6 Å². The largest absolute Gasteiger partial charge is 0.490 e. The van der Waals surface area contributed by atoms with Crippen LogP contribution in [0.4, 0.5) is 5.82 Å². The van der Waals surface area contributed by atoms with E-state index in [4.69, 9.17) is 27.9 Å². The van der Waals surface area contributed by atoms with Crippen molar-refractivity contribution < 1.29 is 4.74 Å². The van der Waals surface area contributed by atoms with Gasteiger partial charge in [0.1, 0.15) is 5.15 Å². The topological polar surface area (TPSA) is 37.4 Å². The molecule has 4 nitrogen and oxygen atoms in total. The number of hydrogen-bond acceptors (Lipinski definition) is 4. The first-order chi connectivity index (χ1) is 8.25. The highest BCUT2D eigenvalue weighted by Crippen LogP contribution is 2.36. The molecule has 0 aromatic carbocycles. The molecule has 1 atom stereocenters. The summed E-state index contributed by atoms with van der Waals surface area (Å²) >= 11 is 12.0. The van der Waals surface area contributed by atoms with Crippen LogP contribution >= 0.6 is 23.2 Å². The van der Waals surface area contributed by atoms with Crippen molar-refractivity contribution in [1.82, 2.24) is 10.3 Å². The van der Waals surface area contributed by atoms with Crippen molar-refractivity contribution >= 4 is 29.0 Å². The van der Waals surface area contributed by atoms with E-state index in [-0.39, 0.29) is 0 Å². The molecule has 1 saturated heterocycles. The first kappa shape index (κ1) is 11.4. The summed E-state index contributed by atoms with van der Waals surface area (Å²) in [5, 5.41) is 4.17. The summed E-state index contributed by atoms with van der Waals surface area (Å²) in [6.45, 7) is 3.53. The Morgan fingerprint density at radius 2 is 2.35 bits per heavy atom. The van der Waals surface area contributed by atoms with Crippen LogP contribution in [0.25, 0.3) is 0 Å². The van der Waals surface area contributed by atoms with Crippen molar-refractivity contribution in [3.05, 3.63) is 16.2 Å². The monoisotopic (exact) mass is 273 g/mol. The lowest BCUT2D eigenvalue weighted by Gasteiger charge is -2.35. The summed E-state index contributed by atoms with van der Waals surface area (Å²) in [5.74, 6) is 1.56. The van der Waals surface area contributed by atoms with E-state index in [1.807, 2.05) is 0 Å². The number of halogens is 2. The molecule has 0 amide bonds. The molecule has 1 fully saturated rings. The fourth-order valence-electron chi connectivity index (χ4n) is 2.36. The van der Waals surface area contributed by atoms with E-state index in [1.54, 1.807) is 6.07 Å². The minimum Gasteiger partial charge on any atom is -0.490 e. The second-order valence-electron chi connectivity index (χ2n) is 4.27. The second kappa shape index (κ2) is 4.52. The third kappa shape index (κ3) is 2.05. The zero-order chi connectivity index (χ0) is 11.8. The molecule has 6 heteroatoms. The first-order valence-electron chi connectivity index (χ1n) is 5.72. The molecule has 0 spiro atoms. The highest BCUT2D eigenvalue weighted by atomic mass is 35.5. The Balaban J connectivity index is 2.05. The third-order valence-electron chi connectivity index (χ3n) is 3.21. The summed E-state index contributed by atoms with van der Waals surface area (Å²) in [6, 6.07) is 2.19. The number of fused-ring (bicyclic) bond motifs is 3. The predicted molar refractivity (Wildman–Crippen MR) is 68.4 cm³/mol. The molecule has 92 valence electrons. The van der Waals surface area contributed by atoms with Gasteiger partial charge in [0.05, 0.1) is 11.6 Å². The lowest BCUT2D eigenvalue weighted by Crippen LogP contribution is -2.51. The molecule has 17 heavy (non-hydrogen) atoms. The van der Waals surface area contributed by atoms with E-state index in [1.165, 1.54) is 0 Å². The van der Waals surface area contributed by atoms with Crippen molar-refractivity contribution in [3.63, 3.8) is 0 Å². The molecule has 3 heterocycles. The number of anilines is 1. The van der Waals surface area contributed by atoms with Crippen LogP contribution in [-0.2, 0) is 0 Å². The van der Waals surface area contributed by atoms with Gasteiger partial charge in [-0.25, -0.2) is 4.98 Å². The van der Waals surface area contributed by atoms with Crippen LogP contribution in [0.5, 0.6) is 5.75 Å². The number of aromatic nitrogens is 1. The van der Waals surface area contributed by atoms with E-state index in [9.17, 15) is 0 Å². The van der Waals surface area contributed by atoms with Gasteiger partial charge in [0.25, 0.3) is 0 Å². The minimum atomic E-state index is 0.341. The minimum absolute atomic E-state index is 0.341. The SMILES string of the molecule is Clc1cc2c(nc1Cl)N1CCNC[C@@H]1CCO2. The Morgan fingerprint density at radius 1 is 1.47 bits per heavy atom. The predicted octanol–water partition coefficient (Wildman–Crippen LogP) is 1.95. The average Bonchev–Trinajstić information content (AvgIpc) is 2.50. The van der Waals surface area contributed by atoms with Crippen LogP contribution in [0.2, 0.25) is 10.2 Å². The lowest BCUT2D eigenvalue weighted by molar-refractivity contribution is 0.303. The summed E-state index contributed by atoms with van der Waals surface area (Å²) < 4.78 is 5.70. The van der Waals surface area contributed by atoms with Crippen LogP contribution in [0.1, 0.15) is 6.42 Å². The number of ether oxygens (including phenoxy) is 1. The molecular weight excluding hydrogens is 261 g/mol. The molecule has 0 aliphatic carbocycles. The number of hydrogen-bond donors (Lipinski definition) is 1. The van der Waals surface area contributed by atoms with Gasteiger partial charge in [-0.05, 0) is 0 Å². The number of rotatable bonds is 0. The molecule has 1 N–H and O–H groups in total. The van der Waals surface area contributed by atoms with Gasteiger partial charge in [-0.1, -0.05) is 23.2 Å². The standard InChI is InChI=1S/C11H13Cl2N3O/c12-8-5-9-11(15-10(8)13)16-3-2-14-6-7(16)1-4-17-9/h5,7,14H,1-4,6H2/t7-/m0/s1. The van der Waals surface area contributed by atoms with Crippen LogP contribution < -0.4 is 15.0 Å². The molecular formula is C11H13Cl2N3O. The molecule has 2 aliphatic heterocycles. The summed E-state index contributed by atoms with van der Waals surface area (Å²) in [5.41, 5.74) is 0. The second-order valence-corrected chi connectivity index (χ2v) is 5.04. The van der Waals surface area contributed by atoms with Gasteiger partial charge in [-0.3, -0.25) is 0 Å². The fraction of sp³-hybridized carbons (Fsp3) is 0.545. The molecule has 0 bridgehead atoms. The quantitative estimate of drug-likeness (QED) is 0.734. The molecule has 1 aromatic rings. The molecule has 0 saturated carbocycles. The zero-order valence-electron chi connectivity index (χ0n) is 9.25. The van der Waals surface area contributed by atoms with Crippen molar-refractivity contribution in [3.8, 4) is 5.75 Å². The number of pyridine rings is 1. The van der Waals surface area contributed by atoms with Crippen molar-refractivity contribution in [2.45, 2.75) is 12.5 Å².